The number of aryl methyl sites for hydroxylation is 1. The number of hydrogen-bond acceptors (Lipinski definition) is 5. The van der Waals surface area contributed by atoms with Gasteiger partial charge in [-0.1, -0.05) is 0 Å². The van der Waals surface area contributed by atoms with Gasteiger partial charge in [-0.2, -0.15) is 5.10 Å². The molecular formula is C15H22N6O. The van der Waals surface area contributed by atoms with Crippen LogP contribution in [0.5, 0.6) is 0 Å². The Morgan fingerprint density at radius 3 is 2.95 bits per heavy atom. The van der Waals surface area contributed by atoms with Crippen LogP contribution in [0.15, 0.2) is 12.1 Å². The van der Waals surface area contributed by atoms with Gasteiger partial charge in [0.05, 0.1) is 5.39 Å². The summed E-state index contributed by atoms with van der Waals surface area (Å²) in [6, 6.07) is 3.99. The van der Waals surface area contributed by atoms with Crippen LogP contribution in [0.25, 0.3) is 11.0 Å². The van der Waals surface area contributed by atoms with Crippen LogP contribution in [0, 0.1) is 0 Å². The number of fused-ring (bicyclic) bond motifs is 1. The van der Waals surface area contributed by atoms with Crippen LogP contribution in [-0.2, 0) is 7.05 Å². The smallest absolute Gasteiger partial charge is 0.272 e. The van der Waals surface area contributed by atoms with Crippen LogP contribution in [0.4, 0.5) is 5.82 Å². The van der Waals surface area contributed by atoms with E-state index in [1.165, 1.54) is 0 Å². The molecule has 7 heteroatoms. The lowest BCUT2D eigenvalue weighted by molar-refractivity contribution is 0.0926. The van der Waals surface area contributed by atoms with Gasteiger partial charge in [0.2, 0.25) is 0 Å². The standard InChI is InChI=1S/C15H22N6O/c1-20(2)12-7-6-11-13(19-21(3)14(11)18-12)15(22)17-10-5-4-8-16-9-10/h6-7,10,16H,4-5,8-9H2,1-3H3,(H,17,22). The van der Waals surface area contributed by atoms with Gasteiger partial charge in [-0.3, -0.25) is 4.79 Å². The first-order valence-electron chi connectivity index (χ1n) is 7.59. The molecule has 22 heavy (non-hydrogen) atoms. The van der Waals surface area contributed by atoms with Gasteiger partial charge in [0.15, 0.2) is 11.3 Å². The maximum absolute atomic E-state index is 12.5. The highest BCUT2D eigenvalue weighted by atomic mass is 16.2. The van der Waals surface area contributed by atoms with Crippen molar-refractivity contribution in [3.8, 4) is 0 Å². The highest BCUT2D eigenvalue weighted by Crippen LogP contribution is 2.20. The van der Waals surface area contributed by atoms with Crippen molar-refractivity contribution in [1.82, 2.24) is 25.4 Å². The molecule has 0 spiro atoms. The number of carbonyl (C=O) groups excluding carboxylic acids is 1. The first-order valence-corrected chi connectivity index (χ1v) is 7.59. The summed E-state index contributed by atoms with van der Waals surface area (Å²) < 4.78 is 1.66. The lowest BCUT2D eigenvalue weighted by Crippen LogP contribution is -2.45. The van der Waals surface area contributed by atoms with Crippen LogP contribution >= 0.6 is 0 Å². The molecule has 3 rings (SSSR count). The second-order valence-corrected chi connectivity index (χ2v) is 5.92. The molecule has 2 aromatic heterocycles. The van der Waals surface area contributed by atoms with Crippen molar-refractivity contribution in [2.75, 3.05) is 32.1 Å². The van der Waals surface area contributed by atoms with Crippen molar-refractivity contribution in [2.45, 2.75) is 18.9 Å². The monoisotopic (exact) mass is 302 g/mol. The Balaban J connectivity index is 1.88. The quantitative estimate of drug-likeness (QED) is 0.864. The molecule has 1 amide bonds. The highest BCUT2D eigenvalue weighted by molar-refractivity contribution is 6.04. The molecule has 0 bridgehead atoms. The summed E-state index contributed by atoms with van der Waals surface area (Å²) in [6.45, 7) is 1.84. The third-order valence-corrected chi connectivity index (χ3v) is 3.98. The zero-order valence-electron chi connectivity index (χ0n) is 13.3. The molecule has 1 atom stereocenters. The van der Waals surface area contributed by atoms with E-state index in [9.17, 15) is 4.79 Å². The number of piperidine rings is 1. The molecule has 1 fully saturated rings. The van der Waals surface area contributed by atoms with Crippen LogP contribution < -0.4 is 15.5 Å². The molecule has 0 radical (unpaired) electrons. The van der Waals surface area contributed by atoms with E-state index in [0.717, 1.165) is 42.8 Å². The van der Waals surface area contributed by atoms with E-state index >= 15 is 0 Å². The molecular weight excluding hydrogens is 280 g/mol. The average Bonchev–Trinajstić information content (AvgIpc) is 2.85. The van der Waals surface area contributed by atoms with E-state index < -0.39 is 0 Å². The molecule has 7 nitrogen and oxygen atoms in total. The predicted molar refractivity (Wildman–Crippen MR) is 86.2 cm³/mol. The number of rotatable bonds is 3. The summed E-state index contributed by atoms with van der Waals surface area (Å²) in [7, 11) is 5.69. The fourth-order valence-electron chi connectivity index (χ4n) is 2.77. The SMILES string of the molecule is CN(C)c1ccc2c(C(=O)NC3CCCNC3)nn(C)c2n1. The first kappa shape index (κ1) is 14.8. The topological polar surface area (TPSA) is 75.1 Å². The Morgan fingerprint density at radius 1 is 1.45 bits per heavy atom. The second kappa shape index (κ2) is 5.92. The van der Waals surface area contributed by atoms with Gasteiger partial charge in [0.25, 0.3) is 5.91 Å². The van der Waals surface area contributed by atoms with E-state index in [1.807, 2.05) is 38.2 Å². The molecule has 2 N–H and O–H groups in total. The molecule has 3 heterocycles. The minimum atomic E-state index is -0.126. The number of hydrogen-bond donors (Lipinski definition) is 2. The molecule has 1 aliphatic rings. The molecule has 2 aromatic rings. The second-order valence-electron chi connectivity index (χ2n) is 5.92. The normalized spacial score (nSPS) is 18.4. The largest absolute Gasteiger partial charge is 0.363 e. The molecule has 0 aliphatic carbocycles. The third kappa shape index (κ3) is 2.76. The van der Waals surface area contributed by atoms with Crippen molar-refractivity contribution in [2.24, 2.45) is 7.05 Å². The summed E-state index contributed by atoms with van der Waals surface area (Å²) in [4.78, 5) is 19.0. The minimum Gasteiger partial charge on any atom is -0.363 e. The molecule has 118 valence electrons. The maximum Gasteiger partial charge on any atom is 0.272 e. The van der Waals surface area contributed by atoms with E-state index in [4.69, 9.17) is 0 Å². The predicted octanol–water partition coefficient (Wildman–Crippen LogP) is 0.516. The summed E-state index contributed by atoms with van der Waals surface area (Å²) in [5, 5.41) is 11.5. The van der Waals surface area contributed by atoms with Crippen LogP contribution in [0.3, 0.4) is 0 Å². The Kier molecular flexibility index (Phi) is 3.98. The Morgan fingerprint density at radius 2 is 2.27 bits per heavy atom. The van der Waals surface area contributed by atoms with E-state index in [0.29, 0.717) is 5.69 Å². The molecule has 1 unspecified atom stereocenters. The van der Waals surface area contributed by atoms with Crippen molar-refractivity contribution in [1.29, 1.82) is 0 Å². The van der Waals surface area contributed by atoms with Crippen LogP contribution in [0.2, 0.25) is 0 Å². The van der Waals surface area contributed by atoms with E-state index in [-0.39, 0.29) is 11.9 Å². The summed E-state index contributed by atoms with van der Waals surface area (Å²) in [5.41, 5.74) is 1.17. The highest BCUT2D eigenvalue weighted by Gasteiger charge is 2.21. The zero-order chi connectivity index (χ0) is 15.7. The van der Waals surface area contributed by atoms with Crippen molar-refractivity contribution in [3.63, 3.8) is 0 Å². The number of carbonyl (C=O) groups is 1. The first-order chi connectivity index (χ1) is 10.6. The summed E-state index contributed by atoms with van der Waals surface area (Å²) >= 11 is 0. The van der Waals surface area contributed by atoms with Crippen molar-refractivity contribution < 1.29 is 4.79 Å². The molecule has 1 aliphatic heterocycles. The molecule has 0 saturated carbocycles. The van der Waals surface area contributed by atoms with Gasteiger partial charge in [-0.15, -0.1) is 0 Å². The fraction of sp³-hybridized carbons (Fsp3) is 0.533. The third-order valence-electron chi connectivity index (χ3n) is 3.98. The number of amides is 1. The number of nitrogens with zero attached hydrogens (tertiary/aromatic N) is 4. The number of nitrogens with one attached hydrogen (secondary N) is 2. The van der Waals surface area contributed by atoms with Gasteiger partial charge < -0.3 is 15.5 Å². The Bertz CT molecular complexity index is 687. The number of anilines is 1. The molecule has 0 aromatic carbocycles. The lowest BCUT2D eigenvalue weighted by Gasteiger charge is -2.23. The average molecular weight is 302 g/mol. The number of aromatic nitrogens is 3. The maximum atomic E-state index is 12.5. The zero-order valence-corrected chi connectivity index (χ0v) is 13.3. The van der Waals surface area contributed by atoms with Gasteiger partial charge >= 0.3 is 0 Å². The van der Waals surface area contributed by atoms with Crippen LogP contribution in [-0.4, -0.2) is 53.9 Å². The van der Waals surface area contributed by atoms with Gasteiger partial charge in [-0.05, 0) is 31.5 Å². The summed E-state index contributed by atoms with van der Waals surface area (Å²) in [6.07, 6.45) is 2.09. The number of pyridine rings is 1. The van der Waals surface area contributed by atoms with Crippen molar-refractivity contribution >= 4 is 22.8 Å². The van der Waals surface area contributed by atoms with Crippen molar-refractivity contribution in [3.05, 3.63) is 17.8 Å². The fourth-order valence-corrected chi connectivity index (χ4v) is 2.77. The van der Waals surface area contributed by atoms with E-state index in [2.05, 4.69) is 20.7 Å². The Labute approximate surface area is 129 Å². The minimum absolute atomic E-state index is 0.126. The van der Waals surface area contributed by atoms with Crippen LogP contribution in [0.1, 0.15) is 23.3 Å². The van der Waals surface area contributed by atoms with Gasteiger partial charge in [-0.25, -0.2) is 9.67 Å². The Hall–Kier alpha value is -2.15. The van der Waals surface area contributed by atoms with Gasteiger partial charge in [0.1, 0.15) is 5.82 Å². The van der Waals surface area contributed by atoms with E-state index in [1.54, 1.807) is 4.68 Å². The summed E-state index contributed by atoms with van der Waals surface area (Å²) in [5.74, 6) is 0.720. The van der Waals surface area contributed by atoms with Gasteiger partial charge in [0, 0.05) is 33.7 Å². The molecule has 1 saturated heterocycles. The lowest BCUT2D eigenvalue weighted by atomic mass is 10.1.